The Kier molecular flexibility index (Phi) is 9.58. The first kappa shape index (κ1) is 28.4. The molecule has 0 aromatic heterocycles. The van der Waals surface area contributed by atoms with Crippen LogP contribution >= 0.6 is 80.8 Å². The van der Waals surface area contributed by atoms with Crippen molar-refractivity contribution in [1.82, 2.24) is 4.90 Å². The number of hydrogen-bond donors (Lipinski definition) is 0. The van der Waals surface area contributed by atoms with Crippen molar-refractivity contribution in [3.05, 3.63) is 93.8 Å². The summed E-state index contributed by atoms with van der Waals surface area (Å²) in [5, 5.41) is 1.43. The number of amides is 2. The molecule has 0 spiro atoms. The normalized spacial score (nSPS) is 14.5. The first-order valence-corrected chi connectivity index (χ1v) is 14.3. The van der Waals surface area contributed by atoms with Crippen LogP contribution in [-0.4, -0.2) is 22.7 Å². The molecule has 1 fully saturated rings. The van der Waals surface area contributed by atoms with Crippen LogP contribution in [0, 0.1) is 3.57 Å². The van der Waals surface area contributed by atoms with E-state index in [-0.39, 0.29) is 18.1 Å². The molecule has 0 atom stereocenters. The number of rotatable bonds is 8. The first-order valence-electron chi connectivity index (χ1n) is 10.9. The smallest absolute Gasteiger partial charge is 0.293 e. The van der Waals surface area contributed by atoms with Crippen LogP contribution in [-0.2, 0) is 17.9 Å². The molecule has 0 aliphatic carbocycles. The fourth-order valence-electron chi connectivity index (χ4n) is 3.49. The Morgan fingerprint density at radius 2 is 1.70 bits per heavy atom. The number of halogens is 5. The van der Waals surface area contributed by atoms with Gasteiger partial charge in [-0.2, -0.15) is 0 Å². The van der Waals surface area contributed by atoms with Crippen molar-refractivity contribution in [3.8, 4) is 11.5 Å². The van der Waals surface area contributed by atoms with E-state index < -0.39 is 11.1 Å². The number of imide groups is 1. The lowest BCUT2D eigenvalue weighted by Gasteiger charge is -2.16. The maximum absolute atomic E-state index is 13.1. The monoisotopic (exact) mass is 707 g/mol. The number of carbonyl (C=O) groups is 2. The first-order chi connectivity index (χ1) is 17.7. The standard InChI is InChI=1S/C26H18Cl4INO4S/c1-2-35-22-9-14(8-21(31)24(22)36-13-15-6-7-16(27)11-20(15)30)10-23-25(33)32(26(34)37-23)12-17-18(28)4-3-5-19(17)29/h3-11H,2,12-13H2,1H3/b23-10-. The summed E-state index contributed by atoms with van der Waals surface area (Å²) in [5.41, 5.74) is 1.98. The summed E-state index contributed by atoms with van der Waals surface area (Å²) in [7, 11) is 0. The maximum Gasteiger partial charge on any atom is 0.293 e. The summed E-state index contributed by atoms with van der Waals surface area (Å²) >= 11 is 27.7. The van der Waals surface area contributed by atoms with Crippen molar-refractivity contribution in [2.45, 2.75) is 20.1 Å². The Morgan fingerprint density at radius 1 is 0.973 bits per heavy atom. The minimum atomic E-state index is -0.420. The van der Waals surface area contributed by atoms with Crippen LogP contribution in [0.15, 0.2) is 53.4 Å². The molecule has 1 heterocycles. The van der Waals surface area contributed by atoms with Crippen molar-refractivity contribution < 1.29 is 19.1 Å². The average Bonchev–Trinajstić information content (AvgIpc) is 3.09. The minimum absolute atomic E-state index is 0.0116. The number of ether oxygens (including phenoxy) is 2. The van der Waals surface area contributed by atoms with Gasteiger partial charge in [0.2, 0.25) is 0 Å². The third-order valence-corrected chi connectivity index (χ3v) is 8.27. The Hall–Kier alpha value is -1.62. The molecule has 4 rings (SSSR count). The molecule has 37 heavy (non-hydrogen) atoms. The van der Waals surface area contributed by atoms with Crippen LogP contribution in [0.5, 0.6) is 11.5 Å². The second kappa shape index (κ2) is 12.5. The zero-order chi connectivity index (χ0) is 26.7. The molecule has 0 saturated carbocycles. The van der Waals surface area contributed by atoms with E-state index in [0.717, 1.165) is 25.8 Å². The van der Waals surface area contributed by atoms with Crippen LogP contribution in [0.3, 0.4) is 0 Å². The second-order valence-corrected chi connectivity index (χ2v) is 11.6. The number of thioether (sulfide) groups is 1. The fraction of sp³-hybridized carbons (Fsp3) is 0.154. The van der Waals surface area contributed by atoms with Crippen molar-refractivity contribution in [2.75, 3.05) is 6.61 Å². The summed E-state index contributed by atoms with van der Waals surface area (Å²) in [6.45, 7) is 2.48. The summed E-state index contributed by atoms with van der Waals surface area (Å²) in [5.74, 6) is 0.636. The van der Waals surface area contributed by atoms with Crippen LogP contribution in [0.2, 0.25) is 20.1 Å². The van der Waals surface area contributed by atoms with Gasteiger partial charge < -0.3 is 9.47 Å². The third-order valence-electron chi connectivity index (χ3n) is 5.27. The molecule has 5 nitrogen and oxygen atoms in total. The van der Waals surface area contributed by atoms with Gasteiger partial charge >= 0.3 is 0 Å². The number of hydrogen-bond acceptors (Lipinski definition) is 5. The molecule has 0 bridgehead atoms. The quantitative estimate of drug-likeness (QED) is 0.173. The van der Waals surface area contributed by atoms with Crippen molar-refractivity contribution in [2.24, 2.45) is 0 Å². The highest BCUT2D eigenvalue weighted by molar-refractivity contribution is 14.1. The molecule has 192 valence electrons. The predicted molar refractivity (Wildman–Crippen MR) is 159 cm³/mol. The molecule has 0 N–H and O–H groups in total. The fourth-order valence-corrected chi connectivity index (χ4v) is 6.09. The van der Waals surface area contributed by atoms with Crippen molar-refractivity contribution >= 4 is 98.0 Å². The van der Waals surface area contributed by atoms with E-state index in [9.17, 15) is 9.59 Å². The van der Waals surface area contributed by atoms with Gasteiger partial charge in [-0.25, -0.2) is 0 Å². The zero-order valence-corrected chi connectivity index (χ0v) is 25.2. The number of benzene rings is 3. The van der Waals surface area contributed by atoms with E-state index in [0.29, 0.717) is 49.3 Å². The summed E-state index contributed by atoms with van der Waals surface area (Å²) in [6, 6.07) is 13.9. The topological polar surface area (TPSA) is 55.8 Å². The molecule has 3 aromatic rings. The van der Waals surface area contributed by atoms with Gasteiger partial charge in [-0.1, -0.05) is 58.5 Å². The van der Waals surface area contributed by atoms with Gasteiger partial charge in [0.1, 0.15) is 6.61 Å². The van der Waals surface area contributed by atoms with Gasteiger partial charge in [0.25, 0.3) is 11.1 Å². The lowest BCUT2D eigenvalue weighted by atomic mass is 10.1. The largest absolute Gasteiger partial charge is 0.490 e. The highest BCUT2D eigenvalue weighted by Crippen LogP contribution is 2.39. The van der Waals surface area contributed by atoms with E-state index in [1.54, 1.807) is 48.5 Å². The highest BCUT2D eigenvalue weighted by Gasteiger charge is 2.35. The molecule has 1 aliphatic heterocycles. The van der Waals surface area contributed by atoms with Crippen molar-refractivity contribution in [1.29, 1.82) is 0 Å². The Labute approximate surface area is 252 Å². The summed E-state index contributed by atoms with van der Waals surface area (Å²) in [4.78, 5) is 27.1. The molecular formula is C26H18Cl4INO4S. The molecule has 11 heteroatoms. The van der Waals surface area contributed by atoms with E-state index in [4.69, 9.17) is 55.9 Å². The van der Waals surface area contributed by atoms with Gasteiger partial charge in [-0.3, -0.25) is 14.5 Å². The number of carbonyl (C=O) groups excluding carboxylic acids is 2. The maximum atomic E-state index is 13.1. The summed E-state index contributed by atoms with van der Waals surface area (Å²) < 4.78 is 12.6. The molecular weight excluding hydrogens is 691 g/mol. The molecule has 2 amide bonds. The van der Waals surface area contributed by atoms with E-state index in [1.165, 1.54) is 0 Å². The average molecular weight is 709 g/mol. The van der Waals surface area contributed by atoms with Gasteiger partial charge in [0.05, 0.1) is 21.6 Å². The molecule has 0 radical (unpaired) electrons. The van der Waals surface area contributed by atoms with E-state index in [2.05, 4.69) is 22.6 Å². The van der Waals surface area contributed by atoms with Gasteiger partial charge in [0.15, 0.2) is 11.5 Å². The Balaban J connectivity index is 1.58. The van der Waals surface area contributed by atoms with Gasteiger partial charge in [-0.15, -0.1) is 0 Å². The Bertz CT molecular complexity index is 1400. The SMILES string of the molecule is CCOc1cc(/C=C2\SC(=O)N(Cc3c(Cl)cccc3Cl)C2=O)cc(I)c1OCc1ccc(Cl)cc1Cl. The highest BCUT2D eigenvalue weighted by atomic mass is 127. The molecule has 0 unspecified atom stereocenters. The third kappa shape index (κ3) is 6.69. The van der Waals surface area contributed by atoms with E-state index >= 15 is 0 Å². The Morgan fingerprint density at radius 3 is 2.38 bits per heavy atom. The minimum Gasteiger partial charge on any atom is -0.490 e. The zero-order valence-electron chi connectivity index (χ0n) is 19.2. The number of nitrogens with zero attached hydrogens (tertiary/aromatic N) is 1. The predicted octanol–water partition coefficient (Wildman–Crippen LogP) is 9.12. The van der Waals surface area contributed by atoms with Gasteiger partial charge in [0, 0.05) is 31.2 Å². The lowest BCUT2D eigenvalue weighted by Crippen LogP contribution is -2.27. The molecule has 1 aliphatic rings. The lowest BCUT2D eigenvalue weighted by molar-refractivity contribution is -0.123. The van der Waals surface area contributed by atoms with Crippen LogP contribution < -0.4 is 9.47 Å². The second-order valence-electron chi connectivity index (χ2n) is 7.76. The van der Waals surface area contributed by atoms with Crippen LogP contribution in [0.25, 0.3) is 6.08 Å². The molecule has 3 aromatic carbocycles. The van der Waals surface area contributed by atoms with Gasteiger partial charge in [-0.05, 0) is 89.3 Å². The van der Waals surface area contributed by atoms with Crippen LogP contribution in [0.1, 0.15) is 23.6 Å². The van der Waals surface area contributed by atoms with Crippen molar-refractivity contribution in [3.63, 3.8) is 0 Å². The van der Waals surface area contributed by atoms with E-state index in [1.807, 2.05) is 13.0 Å². The van der Waals surface area contributed by atoms with Crippen LogP contribution in [0.4, 0.5) is 4.79 Å². The molecule has 1 saturated heterocycles. The summed E-state index contributed by atoms with van der Waals surface area (Å²) in [6.07, 6.45) is 1.66.